The van der Waals surface area contributed by atoms with Crippen LogP contribution in [-0.4, -0.2) is 65.8 Å². The fraction of sp³-hybridized carbons (Fsp3) is 0.600. The fourth-order valence-corrected chi connectivity index (χ4v) is 4.81. The molecule has 0 radical (unpaired) electrons. The van der Waals surface area contributed by atoms with Gasteiger partial charge in [-0.05, 0) is 6.92 Å². The molecule has 2 N–H and O–H groups in total. The molecule has 1 aliphatic rings. The molecule has 0 saturated carbocycles. The molecular formula is C10H14N2O6S2. The van der Waals surface area contributed by atoms with Gasteiger partial charge in [0.2, 0.25) is 0 Å². The maximum Gasteiger partial charge on any atom is 0.356 e. The number of ether oxygens (including phenoxy) is 1. The topological polar surface area (TPSA) is 117 Å². The number of carboxylic acids is 1. The lowest BCUT2D eigenvalue weighted by molar-refractivity contribution is -0.0515. The third-order valence-corrected chi connectivity index (χ3v) is 6.26. The van der Waals surface area contributed by atoms with Gasteiger partial charge < -0.3 is 14.9 Å². The number of morpholine rings is 1. The SMILES string of the molecule is CC1COC(CO)CN1S(=O)(=O)c1scnc1C(=O)O. The summed E-state index contributed by atoms with van der Waals surface area (Å²) in [6, 6.07) is -0.438. The van der Waals surface area contributed by atoms with Crippen molar-refractivity contribution >= 4 is 27.3 Å². The number of carboxylic acid groups (broad SMARTS) is 1. The molecule has 0 aliphatic carbocycles. The van der Waals surface area contributed by atoms with Crippen LogP contribution in [0.3, 0.4) is 0 Å². The molecule has 10 heteroatoms. The maximum atomic E-state index is 12.5. The molecule has 0 amide bonds. The molecule has 0 spiro atoms. The highest BCUT2D eigenvalue weighted by molar-refractivity contribution is 7.91. The molecule has 20 heavy (non-hydrogen) atoms. The first-order chi connectivity index (χ1) is 9.37. The van der Waals surface area contributed by atoms with E-state index in [2.05, 4.69) is 4.98 Å². The summed E-state index contributed by atoms with van der Waals surface area (Å²) in [4.78, 5) is 14.6. The Morgan fingerprint density at radius 3 is 2.95 bits per heavy atom. The molecule has 1 saturated heterocycles. The van der Waals surface area contributed by atoms with Gasteiger partial charge in [0, 0.05) is 12.6 Å². The molecule has 1 aromatic rings. The lowest BCUT2D eigenvalue weighted by Crippen LogP contribution is -2.51. The monoisotopic (exact) mass is 322 g/mol. The molecule has 0 aromatic carbocycles. The van der Waals surface area contributed by atoms with Crippen LogP contribution in [0.5, 0.6) is 0 Å². The zero-order valence-corrected chi connectivity index (χ0v) is 12.2. The second kappa shape index (κ2) is 5.74. The van der Waals surface area contributed by atoms with Gasteiger partial charge in [-0.2, -0.15) is 4.31 Å². The Hall–Kier alpha value is -1.07. The molecule has 1 aromatic heterocycles. The molecule has 112 valence electrons. The van der Waals surface area contributed by atoms with E-state index in [-0.39, 0.29) is 24.0 Å². The van der Waals surface area contributed by atoms with E-state index in [0.717, 1.165) is 15.6 Å². The highest BCUT2D eigenvalue weighted by Gasteiger charge is 2.38. The van der Waals surface area contributed by atoms with Gasteiger partial charge in [-0.15, -0.1) is 11.3 Å². The quantitative estimate of drug-likeness (QED) is 0.775. The number of aromatic nitrogens is 1. The van der Waals surface area contributed by atoms with Gasteiger partial charge in [-0.3, -0.25) is 0 Å². The second-order valence-corrected chi connectivity index (χ2v) is 7.30. The van der Waals surface area contributed by atoms with Crippen molar-refractivity contribution in [1.29, 1.82) is 0 Å². The first-order valence-corrected chi connectivity index (χ1v) is 8.11. The van der Waals surface area contributed by atoms with Crippen molar-refractivity contribution < 1.29 is 28.2 Å². The van der Waals surface area contributed by atoms with E-state index in [1.165, 1.54) is 5.51 Å². The highest BCUT2D eigenvalue weighted by Crippen LogP contribution is 2.27. The van der Waals surface area contributed by atoms with Crippen molar-refractivity contribution in [3.05, 3.63) is 11.2 Å². The Morgan fingerprint density at radius 1 is 1.65 bits per heavy atom. The minimum atomic E-state index is -3.97. The van der Waals surface area contributed by atoms with E-state index in [9.17, 15) is 13.2 Å². The highest BCUT2D eigenvalue weighted by atomic mass is 32.2. The van der Waals surface area contributed by atoms with Crippen molar-refractivity contribution in [3.8, 4) is 0 Å². The summed E-state index contributed by atoms with van der Waals surface area (Å²) < 4.78 is 31.2. The molecular weight excluding hydrogens is 308 g/mol. The van der Waals surface area contributed by atoms with Crippen molar-refractivity contribution in [2.75, 3.05) is 19.8 Å². The lowest BCUT2D eigenvalue weighted by Gasteiger charge is -2.35. The van der Waals surface area contributed by atoms with E-state index in [4.69, 9.17) is 14.9 Å². The number of thiazole rings is 1. The summed E-state index contributed by atoms with van der Waals surface area (Å²) >= 11 is 0.764. The molecule has 2 atom stereocenters. The van der Waals surface area contributed by atoms with Crippen LogP contribution in [0.1, 0.15) is 17.4 Å². The Kier molecular flexibility index (Phi) is 4.39. The van der Waals surface area contributed by atoms with Crippen LogP contribution in [0.4, 0.5) is 0 Å². The zero-order valence-electron chi connectivity index (χ0n) is 10.6. The van der Waals surface area contributed by atoms with Crippen LogP contribution in [0.25, 0.3) is 0 Å². The van der Waals surface area contributed by atoms with Crippen molar-refractivity contribution in [2.45, 2.75) is 23.3 Å². The largest absolute Gasteiger partial charge is 0.476 e. The average Bonchev–Trinajstić information content (AvgIpc) is 2.89. The fourth-order valence-electron chi connectivity index (χ4n) is 1.90. The Balaban J connectivity index is 2.38. The molecule has 1 fully saturated rings. The van der Waals surface area contributed by atoms with Gasteiger partial charge in [0.25, 0.3) is 10.0 Å². The minimum Gasteiger partial charge on any atom is -0.476 e. The Labute approximate surface area is 119 Å². The van der Waals surface area contributed by atoms with Gasteiger partial charge in [-0.25, -0.2) is 18.2 Å². The number of carbonyl (C=O) groups is 1. The maximum absolute atomic E-state index is 12.5. The van der Waals surface area contributed by atoms with Crippen molar-refractivity contribution in [3.63, 3.8) is 0 Å². The smallest absolute Gasteiger partial charge is 0.356 e. The van der Waals surface area contributed by atoms with Crippen LogP contribution in [-0.2, 0) is 14.8 Å². The number of nitrogens with zero attached hydrogens (tertiary/aromatic N) is 2. The molecule has 2 unspecified atom stereocenters. The van der Waals surface area contributed by atoms with Gasteiger partial charge >= 0.3 is 5.97 Å². The summed E-state index contributed by atoms with van der Waals surface area (Å²) in [7, 11) is -3.97. The number of hydrogen-bond donors (Lipinski definition) is 2. The predicted octanol–water partition coefficient (Wildman–Crippen LogP) is -0.388. The molecule has 8 nitrogen and oxygen atoms in total. The van der Waals surface area contributed by atoms with Gasteiger partial charge in [0.1, 0.15) is 0 Å². The normalized spacial score (nSPS) is 24.7. The van der Waals surface area contributed by atoms with E-state index >= 15 is 0 Å². The first kappa shape index (κ1) is 15.3. The van der Waals surface area contributed by atoms with Gasteiger partial charge in [0.05, 0.1) is 24.8 Å². The first-order valence-electron chi connectivity index (χ1n) is 5.79. The third-order valence-electron chi connectivity index (χ3n) is 2.93. The number of sulfonamides is 1. The summed E-state index contributed by atoms with van der Waals surface area (Å²) in [6.07, 6.45) is -0.609. The summed E-state index contributed by atoms with van der Waals surface area (Å²) in [5.74, 6) is -1.38. The van der Waals surface area contributed by atoms with E-state index < -0.39 is 33.8 Å². The van der Waals surface area contributed by atoms with Gasteiger partial charge in [0.15, 0.2) is 9.90 Å². The summed E-state index contributed by atoms with van der Waals surface area (Å²) in [5.41, 5.74) is 0.708. The number of rotatable bonds is 4. The molecule has 0 bridgehead atoms. The van der Waals surface area contributed by atoms with Gasteiger partial charge in [-0.1, -0.05) is 0 Å². The summed E-state index contributed by atoms with van der Waals surface area (Å²) in [6.45, 7) is 1.49. The number of hydrogen-bond acceptors (Lipinski definition) is 7. The number of aliphatic hydroxyl groups is 1. The van der Waals surface area contributed by atoms with E-state index in [1.54, 1.807) is 6.92 Å². The average molecular weight is 322 g/mol. The zero-order chi connectivity index (χ0) is 14.9. The minimum absolute atomic E-state index is 0.0169. The second-order valence-electron chi connectivity index (χ2n) is 4.36. The Morgan fingerprint density at radius 2 is 2.35 bits per heavy atom. The van der Waals surface area contributed by atoms with E-state index in [1.807, 2.05) is 0 Å². The number of aliphatic hydroxyl groups excluding tert-OH is 1. The van der Waals surface area contributed by atoms with Crippen LogP contribution in [0.15, 0.2) is 9.72 Å². The Bertz CT molecular complexity index is 599. The van der Waals surface area contributed by atoms with Crippen LogP contribution >= 0.6 is 11.3 Å². The van der Waals surface area contributed by atoms with Crippen molar-refractivity contribution in [2.24, 2.45) is 0 Å². The lowest BCUT2D eigenvalue weighted by atomic mass is 10.2. The van der Waals surface area contributed by atoms with Crippen LogP contribution in [0.2, 0.25) is 0 Å². The molecule has 2 rings (SSSR count). The predicted molar refractivity (Wildman–Crippen MR) is 69.3 cm³/mol. The van der Waals surface area contributed by atoms with Crippen LogP contribution < -0.4 is 0 Å². The third kappa shape index (κ3) is 2.69. The number of aromatic carboxylic acids is 1. The molecule has 2 heterocycles. The summed E-state index contributed by atoms with van der Waals surface area (Å²) in [5, 5.41) is 18.1. The van der Waals surface area contributed by atoms with Crippen LogP contribution in [0, 0.1) is 0 Å². The van der Waals surface area contributed by atoms with E-state index in [0.29, 0.717) is 0 Å². The molecule has 1 aliphatic heterocycles. The van der Waals surface area contributed by atoms with Crippen molar-refractivity contribution in [1.82, 2.24) is 9.29 Å². The standard InChI is InChI=1S/C10H14N2O6S2/c1-6-4-18-7(3-13)2-12(6)20(16,17)10-8(9(14)15)11-5-19-10/h5-7,13H,2-4H2,1H3,(H,14,15).